The minimum absolute atomic E-state index is 0.0537. The quantitative estimate of drug-likeness (QED) is 0.875. The molecule has 0 bridgehead atoms. The van der Waals surface area contributed by atoms with Crippen molar-refractivity contribution in [1.29, 1.82) is 0 Å². The van der Waals surface area contributed by atoms with Crippen molar-refractivity contribution in [3.05, 3.63) is 40.5 Å². The lowest BCUT2D eigenvalue weighted by molar-refractivity contribution is 0.482. The second-order valence-corrected chi connectivity index (χ2v) is 6.51. The first-order chi connectivity index (χ1) is 9.31. The summed E-state index contributed by atoms with van der Waals surface area (Å²) >= 11 is 0. The van der Waals surface area contributed by atoms with Crippen molar-refractivity contribution in [2.24, 2.45) is 0 Å². The molecule has 0 atom stereocenters. The molecule has 0 amide bonds. The Morgan fingerprint density at radius 3 is 2.10 bits per heavy atom. The highest BCUT2D eigenvalue weighted by atomic mass is 32.2. The molecule has 0 aliphatic heterocycles. The molecule has 2 aromatic rings. The van der Waals surface area contributed by atoms with Gasteiger partial charge in [0.1, 0.15) is 0 Å². The molecule has 0 heterocycles. The van der Waals surface area contributed by atoms with Crippen molar-refractivity contribution in [2.45, 2.75) is 45.4 Å². The highest BCUT2D eigenvalue weighted by Gasteiger charge is 2.20. The molecule has 0 aliphatic rings. The molecule has 0 aromatic heterocycles. The van der Waals surface area contributed by atoms with E-state index < -0.39 is 10.1 Å². The first-order valence-corrected chi connectivity index (χ1v) is 8.27. The Morgan fingerprint density at radius 1 is 1.00 bits per heavy atom. The summed E-state index contributed by atoms with van der Waals surface area (Å²) in [6.45, 7) is 7.91. The summed E-state index contributed by atoms with van der Waals surface area (Å²) < 4.78 is 32.9. The molecule has 2 aromatic carbocycles. The third kappa shape index (κ3) is 2.34. The molecule has 0 unspecified atom stereocenters. The van der Waals surface area contributed by atoms with E-state index in [1.807, 2.05) is 33.8 Å². The van der Waals surface area contributed by atoms with E-state index in [-0.39, 0.29) is 4.90 Å². The zero-order chi connectivity index (χ0) is 15.1. The van der Waals surface area contributed by atoms with E-state index >= 15 is 0 Å². The van der Waals surface area contributed by atoms with E-state index in [0.717, 1.165) is 39.4 Å². The van der Waals surface area contributed by atoms with Gasteiger partial charge < -0.3 is 0 Å². The van der Waals surface area contributed by atoms with E-state index in [1.165, 1.54) is 0 Å². The van der Waals surface area contributed by atoms with Crippen molar-refractivity contribution in [3.8, 4) is 0 Å². The van der Waals surface area contributed by atoms with Crippen LogP contribution in [0.1, 0.15) is 36.1 Å². The zero-order valence-corrected chi connectivity index (χ0v) is 13.1. The molecular weight excluding hydrogens is 272 g/mol. The van der Waals surface area contributed by atoms with E-state index in [4.69, 9.17) is 0 Å². The van der Waals surface area contributed by atoms with Crippen LogP contribution in [-0.4, -0.2) is 13.0 Å². The van der Waals surface area contributed by atoms with Crippen LogP contribution in [0, 0.1) is 13.8 Å². The summed E-state index contributed by atoms with van der Waals surface area (Å²) in [6.07, 6.45) is 1.33. The Bertz CT molecular complexity index is 774. The van der Waals surface area contributed by atoms with Crippen molar-refractivity contribution >= 4 is 20.9 Å². The molecule has 1 N–H and O–H groups in total. The summed E-state index contributed by atoms with van der Waals surface area (Å²) in [6, 6.07) is 5.72. The van der Waals surface area contributed by atoms with E-state index in [1.54, 1.807) is 6.07 Å². The van der Waals surface area contributed by atoms with Crippen LogP contribution in [0.15, 0.2) is 23.1 Å². The molecule has 3 nitrogen and oxygen atoms in total. The number of aryl methyl sites for hydroxylation is 3. The molecule has 0 radical (unpaired) electrons. The molecule has 0 aliphatic carbocycles. The van der Waals surface area contributed by atoms with Gasteiger partial charge in [0, 0.05) is 0 Å². The molecular formula is C16H20O3S. The van der Waals surface area contributed by atoms with Gasteiger partial charge in [-0.15, -0.1) is 0 Å². The van der Waals surface area contributed by atoms with Gasteiger partial charge in [-0.1, -0.05) is 26.0 Å². The first kappa shape index (κ1) is 15.0. The fourth-order valence-electron chi connectivity index (χ4n) is 2.84. The lowest BCUT2D eigenvalue weighted by atomic mass is 9.92. The number of benzene rings is 2. The minimum atomic E-state index is -4.20. The minimum Gasteiger partial charge on any atom is -0.282 e. The maximum atomic E-state index is 11.7. The Morgan fingerprint density at radius 2 is 1.60 bits per heavy atom. The maximum Gasteiger partial charge on any atom is 0.294 e. The van der Waals surface area contributed by atoms with Crippen molar-refractivity contribution in [2.75, 3.05) is 0 Å². The van der Waals surface area contributed by atoms with Gasteiger partial charge in [-0.3, -0.25) is 4.55 Å². The van der Waals surface area contributed by atoms with Crippen LogP contribution in [0.25, 0.3) is 10.8 Å². The summed E-state index contributed by atoms with van der Waals surface area (Å²) in [7, 11) is -4.20. The molecule has 0 saturated carbocycles. The number of rotatable bonds is 3. The first-order valence-electron chi connectivity index (χ1n) is 6.83. The normalized spacial score (nSPS) is 12.1. The standard InChI is InChI=1S/C16H20O3S/c1-5-12-13(6-2)16(20(17,18)19)9-15-11(4)10(3)7-8-14(12)15/h7-9H,5-6H2,1-4H3,(H,17,18,19). The van der Waals surface area contributed by atoms with Gasteiger partial charge in [-0.25, -0.2) is 0 Å². The molecule has 108 valence electrons. The average molecular weight is 292 g/mol. The molecule has 2 rings (SSSR count). The van der Waals surface area contributed by atoms with Gasteiger partial charge in [-0.05, 0) is 65.8 Å². The van der Waals surface area contributed by atoms with Gasteiger partial charge in [-0.2, -0.15) is 8.42 Å². The van der Waals surface area contributed by atoms with E-state index in [2.05, 4.69) is 6.07 Å². The average Bonchev–Trinajstić information content (AvgIpc) is 2.39. The smallest absolute Gasteiger partial charge is 0.282 e. The zero-order valence-electron chi connectivity index (χ0n) is 12.3. The summed E-state index contributed by atoms with van der Waals surface area (Å²) in [4.78, 5) is 0.0537. The van der Waals surface area contributed by atoms with E-state index in [0.29, 0.717) is 6.42 Å². The fourth-order valence-corrected chi connectivity index (χ4v) is 3.68. The molecule has 0 fully saturated rings. The van der Waals surface area contributed by atoms with E-state index in [9.17, 15) is 13.0 Å². The maximum absolute atomic E-state index is 11.7. The molecule has 20 heavy (non-hydrogen) atoms. The van der Waals surface area contributed by atoms with Gasteiger partial charge in [0.2, 0.25) is 0 Å². The lowest BCUT2D eigenvalue weighted by Gasteiger charge is -2.16. The highest BCUT2D eigenvalue weighted by Crippen LogP contribution is 2.32. The highest BCUT2D eigenvalue weighted by molar-refractivity contribution is 7.85. The van der Waals surface area contributed by atoms with Crippen LogP contribution in [0.2, 0.25) is 0 Å². The lowest BCUT2D eigenvalue weighted by Crippen LogP contribution is -2.07. The van der Waals surface area contributed by atoms with Crippen molar-refractivity contribution in [1.82, 2.24) is 0 Å². The van der Waals surface area contributed by atoms with Crippen LogP contribution >= 0.6 is 0 Å². The van der Waals surface area contributed by atoms with Crippen LogP contribution in [0.3, 0.4) is 0 Å². The number of hydrogen-bond donors (Lipinski definition) is 1. The predicted octanol–water partition coefficient (Wildman–Crippen LogP) is 3.83. The number of hydrogen-bond acceptors (Lipinski definition) is 2. The van der Waals surface area contributed by atoms with Crippen molar-refractivity contribution < 1.29 is 13.0 Å². The summed E-state index contributed by atoms with van der Waals surface area (Å²) in [5.74, 6) is 0. The Hall–Kier alpha value is -1.39. The van der Waals surface area contributed by atoms with Crippen LogP contribution in [0.4, 0.5) is 0 Å². The second kappa shape index (κ2) is 5.19. The van der Waals surface area contributed by atoms with Gasteiger partial charge in [0.05, 0.1) is 4.90 Å². The topological polar surface area (TPSA) is 54.4 Å². The third-order valence-electron chi connectivity index (χ3n) is 4.03. The monoisotopic (exact) mass is 292 g/mol. The Kier molecular flexibility index (Phi) is 3.89. The number of fused-ring (bicyclic) bond motifs is 1. The third-order valence-corrected chi connectivity index (χ3v) is 4.95. The van der Waals surface area contributed by atoms with Gasteiger partial charge in [0.25, 0.3) is 10.1 Å². The largest absolute Gasteiger partial charge is 0.294 e. The second-order valence-electron chi connectivity index (χ2n) is 5.12. The Balaban J connectivity index is 3.05. The predicted molar refractivity (Wildman–Crippen MR) is 82.0 cm³/mol. The Labute approximate surface area is 120 Å². The summed E-state index contributed by atoms with van der Waals surface area (Å²) in [5, 5.41) is 1.99. The molecule has 4 heteroatoms. The van der Waals surface area contributed by atoms with Crippen LogP contribution in [0.5, 0.6) is 0 Å². The van der Waals surface area contributed by atoms with Crippen LogP contribution < -0.4 is 0 Å². The van der Waals surface area contributed by atoms with Crippen molar-refractivity contribution in [3.63, 3.8) is 0 Å². The fraction of sp³-hybridized carbons (Fsp3) is 0.375. The summed E-state index contributed by atoms with van der Waals surface area (Å²) in [5.41, 5.74) is 3.92. The molecule has 0 saturated heterocycles. The molecule has 0 spiro atoms. The van der Waals surface area contributed by atoms with Gasteiger partial charge >= 0.3 is 0 Å². The SMILES string of the molecule is CCc1c(S(=O)(=O)O)cc2c(C)c(C)ccc2c1CC. The van der Waals surface area contributed by atoms with Crippen LogP contribution in [-0.2, 0) is 23.0 Å². The van der Waals surface area contributed by atoms with Gasteiger partial charge in [0.15, 0.2) is 0 Å².